The summed E-state index contributed by atoms with van der Waals surface area (Å²) in [6.07, 6.45) is 0.494. The molecule has 0 aromatic heterocycles. The first-order chi connectivity index (χ1) is 4.70. The molecule has 4 heteroatoms. The maximum Gasteiger partial charge on any atom is 0.303 e. The van der Waals surface area contributed by atoms with E-state index >= 15 is 0 Å². The standard InChI is InChI=1S/C6H13NO3/c1-10-5(4-7)2-3-6(8)9/h5H,2-4,7H2,1H3,(H,8,9)/t5-/m0/s1. The first-order valence-corrected chi connectivity index (χ1v) is 3.15. The molecule has 0 aliphatic heterocycles. The van der Waals surface area contributed by atoms with E-state index in [1.807, 2.05) is 0 Å². The first-order valence-electron chi connectivity index (χ1n) is 3.15. The summed E-state index contributed by atoms with van der Waals surface area (Å²) < 4.78 is 4.86. The van der Waals surface area contributed by atoms with Crippen molar-refractivity contribution < 1.29 is 14.6 Å². The van der Waals surface area contributed by atoms with Gasteiger partial charge in [0.15, 0.2) is 0 Å². The van der Waals surface area contributed by atoms with Gasteiger partial charge < -0.3 is 15.6 Å². The summed E-state index contributed by atoms with van der Waals surface area (Å²) in [5, 5.41) is 8.26. The molecular weight excluding hydrogens is 134 g/mol. The van der Waals surface area contributed by atoms with Crippen LogP contribution < -0.4 is 5.73 Å². The van der Waals surface area contributed by atoms with Gasteiger partial charge in [0, 0.05) is 20.1 Å². The van der Waals surface area contributed by atoms with Crippen LogP contribution in [0.2, 0.25) is 0 Å². The number of nitrogens with two attached hydrogens (primary N) is 1. The molecule has 0 aromatic rings. The third-order valence-electron chi connectivity index (χ3n) is 1.28. The van der Waals surface area contributed by atoms with Gasteiger partial charge in [0.25, 0.3) is 0 Å². The Morgan fingerprint density at radius 1 is 1.80 bits per heavy atom. The van der Waals surface area contributed by atoms with Crippen molar-refractivity contribution in [2.75, 3.05) is 13.7 Å². The Kier molecular flexibility index (Phi) is 4.88. The predicted molar refractivity (Wildman–Crippen MR) is 36.7 cm³/mol. The number of carboxylic acid groups (broad SMARTS) is 1. The highest BCUT2D eigenvalue weighted by molar-refractivity contribution is 5.66. The summed E-state index contributed by atoms with van der Waals surface area (Å²) in [6.45, 7) is 0.379. The second kappa shape index (κ2) is 5.20. The van der Waals surface area contributed by atoms with Crippen LogP contribution in [0, 0.1) is 0 Å². The molecule has 3 N–H and O–H groups in total. The number of carbonyl (C=O) groups is 1. The third kappa shape index (κ3) is 4.29. The van der Waals surface area contributed by atoms with E-state index in [1.165, 1.54) is 7.11 Å². The number of ether oxygens (including phenoxy) is 1. The molecule has 0 unspecified atom stereocenters. The topological polar surface area (TPSA) is 72.5 Å². The maximum atomic E-state index is 10.0. The largest absolute Gasteiger partial charge is 0.481 e. The van der Waals surface area contributed by atoms with Crippen LogP contribution >= 0.6 is 0 Å². The fourth-order valence-corrected chi connectivity index (χ4v) is 0.616. The molecule has 1 atom stereocenters. The van der Waals surface area contributed by atoms with Gasteiger partial charge in [-0.15, -0.1) is 0 Å². The Balaban J connectivity index is 3.34. The highest BCUT2D eigenvalue weighted by atomic mass is 16.5. The zero-order valence-corrected chi connectivity index (χ0v) is 6.04. The minimum absolute atomic E-state index is 0.115. The minimum atomic E-state index is -0.810. The molecule has 0 aliphatic carbocycles. The van der Waals surface area contributed by atoms with E-state index in [4.69, 9.17) is 15.6 Å². The van der Waals surface area contributed by atoms with Crippen molar-refractivity contribution >= 4 is 5.97 Å². The van der Waals surface area contributed by atoms with Gasteiger partial charge in [-0.3, -0.25) is 4.79 Å². The zero-order chi connectivity index (χ0) is 7.98. The van der Waals surface area contributed by atoms with Gasteiger partial charge in [-0.25, -0.2) is 0 Å². The van der Waals surface area contributed by atoms with Crippen molar-refractivity contribution in [3.63, 3.8) is 0 Å². The lowest BCUT2D eigenvalue weighted by Gasteiger charge is -2.09. The lowest BCUT2D eigenvalue weighted by molar-refractivity contribution is -0.137. The maximum absolute atomic E-state index is 10.0. The van der Waals surface area contributed by atoms with Crippen LogP contribution in [0.25, 0.3) is 0 Å². The quantitative estimate of drug-likeness (QED) is 0.566. The Bertz CT molecular complexity index is 101. The van der Waals surface area contributed by atoms with Gasteiger partial charge in [-0.2, -0.15) is 0 Å². The molecule has 60 valence electrons. The summed E-state index contributed by atoms with van der Waals surface area (Å²) >= 11 is 0. The monoisotopic (exact) mass is 147 g/mol. The number of methoxy groups -OCH3 is 1. The average molecular weight is 147 g/mol. The average Bonchev–Trinajstić information content (AvgIpc) is 1.90. The van der Waals surface area contributed by atoms with Gasteiger partial charge in [0.05, 0.1) is 6.10 Å². The highest BCUT2D eigenvalue weighted by Crippen LogP contribution is 1.98. The van der Waals surface area contributed by atoms with E-state index in [9.17, 15) is 4.79 Å². The highest BCUT2D eigenvalue weighted by Gasteiger charge is 2.06. The Labute approximate surface area is 60.0 Å². The van der Waals surface area contributed by atoms with Gasteiger partial charge >= 0.3 is 5.97 Å². The van der Waals surface area contributed by atoms with Gasteiger partial charge in [0.1, 0.15) is 0 Å². The summed E-state index contributed by atoms with van der Waals surface area (Å²) in [4.78, 5) is 10.0. The minimum Gasteiger partial charge on any atom is -0.481 e. The van der Waals surface area contributed by atoms with E-state index in [0.29, 0.717) is 13.0 Å². The molecular formula is C6H13NO3. The second-order valence-electron chi connectivity index (χ2n) is 2.03. The van der Waals surface area contributed by atoms with Crippen LogP contribution in [0.5, 0.6) is 0 Å². The lowest BCUT2D eigenvalue weighted by atomic mass is 10.2. The molecule has 0 spiro atoms. The molecule has 0 radical (unpaired) electrons. The molecule has 10 heavy (non-hydrogen) atoms. The van der Waals surface area contributed by atoms with Crippen LogP contribution in [0.15, 0.2) is 0 Å². The van der Waals surface area contributed by atoms with Crippen LogP contribution in [-0.4, -0.2) is 30.8 Å². The van der Waals surface area contributed by atoms with Crippen LogP contribution in [0.1, 0.15) is 12.8 Å². The fraction of sp³-hybridized carbons (Fsp3) is 0.833. The molecule has 0 rings (SSSR count). The molecule has 0 aromatic carbocycles. The normalized spacial score (nSPS) is 13.0. The molecule has 4 nitrogen and oxygen atoms in total. The molecule has 0 fully saturated rings. The van der Waals surface area contributed by atoms with E-state index in [2.05, 4.69) is 0 Å². The van der Waals surface area contributed by atoms with Crippen molar-refractivity contribution in [3.8, 4) is 0 Å². The smallest absolute Gasteiger partial charge is 0.303 e. The zero-order valence-electron chi connectivity index (χ0n) is 6.04. The Morgan fingerprint density at radius 2 is 2.40 bits per heavy atom. The molecule has 0 heterocycles. The molecule has 0 amide bonds. The summed E-state index contributed by atoms with van der Waals surface area (Å²) in [6, 6.07) is 0. The SMILES string of the molecule is CO[C@H](CN)CCC(=O)O. The fourth-order valence-electron chi connectivity index (χ4n) is 0.616. The van der Waals surface area contributed by atoms with Crippen LogP contribution in [0.4, 0.5) is 0 Å². The summed E-state index contributed by atoms with van der Waals surface area (Å²) in [5.74, 6) is -0.810. The van der Waals surface area contributed by atoms with Crippen LogP contribution in [0.3, 0.4) is 0 Å². The summed E-state index contributed by atoms with van der Waals surface area (Å²) in [7, 11) is 1.53. The molecule has 0 saturated carbocycles. The molecule has 0 aliphatic rings. The Morgan fingerprint density at radius 3 is 2.70 bits per heavy atom. The third-order valence-corrected chi connectivity index (χ3v) is 1.28. The van der Waals surface area contributed by atoms with Crippen molar-refractivity contribution in [3.05, 3.63) is 0 Å². The predicted octanol–water partition coefficient (Wildman–Crippen LogP) is -0.175. The Hall–Kier alpha value is -0.610. The van der Waals surface area contributed by atoms with E-state index < -0.39 is 5.97 Å². The summed E-state index contributed by atoms with van der Waals surface area (Å²) in [5.41, 5.74) is 5.25. The molecule has 0 saturated heterocycles. The van der Waals surface area contributed by atoms with E-state index in [0.717, 1.165) is 0 Å². The first kappa shape index (κ1) is 9.39. The lowest BCUT2D eigenvalue weighted by Crippen LogP contribution is -2.23. The molecule has 0 bridgehead atoms. The van der Waals surface area contributed by atoms with Gasteiger partial charge in [-0.05, 0) is 6.42 Å². The van der Waals surface area contributed by atoms with Crippen LogP contribution in [-0.2, 0) is 9.53 Å². The number of rotatable bonds is 5. The van der Waals surface area contributed by atoms with Crippen molar-refractivity contribution in [2.24, 2.45) is 5.73 Å². The van der Waals surface area contributed by atoms with Crippen molar-refractivity contribution in [1.82, 2.24) is 0 Å². The van der Waals surface area contributed by atoms with Crippen molar-refractivity contribution in [1.29, 1.82) is 0 Å². The van der Waals surface area contributed by atoms with E-state index in [-0.39, 0.29) is 12.5 Å². The second-order valence-corrected chi connectivity index (χ2v) is 2.03. The number of carboxylic acids is 1. The number of hydrogen-bond donors (Lipinski definition) is 2. The van der Waals surface area contributed by atoms with Crippen molar-refractivity contribution in [2.45, 2.75) is 18.9 Å². The van der Waals surface area contributed by atoms with E-state index in [1.54, 1.807) is 0 Å². The van der Waals surface area contributed by atoms with Gasteiger partial charge in [0.2, 0.25) is 0 Å². The van der Waals surface area contributed by atoms with Gasteiger partial charge in [-0.1, -0.05) is 0 Å². The number of hydrogen-bond acceptors (Lipinski definition) is 3. The number of aliphatic carboxylic acids is 1.